The van der Waals surface area contributed by atoms with Crippen LogP contribution in [0.1, 0.15) is 25.3 Å². The Morgan fingerprint density at radius 1 is 1.37 bits per heavy atom. The summed E-state index contributed by atoms with van der Waals surface area (Å²) < 4.78 is 24.5. The van der Waals surface area contributed by atoms with Crippen molar-refractivity contribution in [3.63, 3.8) is 0 Å². The second kappa shape index (κ2) is 6.37. The molecular formula is C14H20BrNO2S. The minimum atomic E-state index is -2.83. The monoisotopic (exact) mass is 345 g/mol. The molecule has 0 aromatic heterocycles. The maximum absolute atomic E-state index is 11.7. The fourth-order valence-electron chi connectivity index (χ4n) is 2.47. The van der Waals surface area contributed by atoms with Gasteiger partial charge in [-0.2, -0.15) is 0 Å². The number of hydrogen-bond donors (Lipinski definition) is 1. The molecule has 1 heterocycles. The maximum atomic E-state index is 11.7. The van der Waals surface area contributed by atoms with Gasteiger partial charge in [-0.25, -0.2) is 8.42 Å². The van der Waals surface area contributed by atoms with Crippen molar-refractivity contribution in [2.45, 2.75) is 37.5 Å². The van der Waals surface area contributed by atoms with E-state index in [-0.39, 0.29) is 11.3 Å². The summed E-state index contributed by atoms with van der Waals surface area (Å²) >= 11 is 3.42. The second-order valence-corrected chi connectivity index (χ2v) is 8.59. The first kappa shape index (κ1) is 15.0. The van der Waals surface area contributed by atoms with Gasteiger partial charge in [0.1, 0.15) is 0 Å². The number of hydrogen-bond acceptors (Lipinski definition) is 3. The Morgan fingerprint density at radius 3 is 2.63 bits per heavy atom. The van der Waals surface area contributed by atoms with Crippen LogP contribution in [0.4, 0.5) is 0 Å². The molecule has 19 heavy (non-hydrogen) atoms. The maximum Gasteiger partial charge on any atom is 0.154 e. The van der Waals surface area contributed by atoms with Crippen LogP contribution in [0.3, 0.4) is 0 Å². The summed E-state index contributed by atoms with van der Waals surface area (Å²) in [5.41, 5.74) is 1.26. The summed E-state index contributed by atoms with van der Waals surface area (Å²) in [6.45, 7) is 2.68. The number of sulfone groups is 1. The number of benzene rings is 1. The Bertz CT molecular complexity index is 513. The van der Waals surface area contributed by atoms with Crippen LogP contribution >= 0.6 is 15.9 Å². The van der Waals surface area contributed by atoms with E-state index in [4.69, 9.17) is 0 Å². The zero-order valence-corrected chi connectivity index (χ0v) is 13.5. The fourth-order valence-corrected chi connectivity index (χ4v) is 4.51. The molecule has 1 aliphatic rings. The third-order valence-electron chi connectivity index (χ3n) is 3.61. The number of rotatable bonds is 5. The molecular weight excluding hydrogens is 326 g/mol. The Kier molecular flexibility index (Phi) is 5.03. The Balaban J connectivity index is 1.82. The highest BCUT2D eigenvalue weighted by Crippen LogP contribution is 2.19. The van der Waals surface area contributed by atoms with Gasteiger partial charge in [-0.15, -0.1) is 0 Å². The van der Waals surface area contributed by atoms with Crippen molar-refractivity contribution in [1.29, 1.82) is 0 Å². The van der Waals surface area contributed by atoms with E-state index in [1.165, 1.54) is 5.56 Å². The highest BCUT2D eigenvalue weighted by atomic mass is 79.9. The molecule has 0 radical (unpaired) electrons. The molecule has 2 atom stereocenters. The van der Waals surface area contributed by atoms with E-state index < -0.39 is 9.84 Å². The van der Waals surface area contributed by atoms with Crippen LogP contribution in [0.2, 0.25) is 0 Å². The smallest absolute Gasteiger partial charge is 0.154 e. The van der Waals surface area contributed by atoms with E-state index in [0.717, 1.165) is 23.7 Å². The molecule has 0 amide bonds. The van der Waals surface area contributed by atoms with Gasteiger partial charge in [0, 0.05) is 17.1 Å². The topological polar surface area (TPSA) is 46.2 Å². The van der Waals surface area contributed by atoms with E-state index in [2.05, 4.69) is 40.3 Å². The molecule has 0 spiro atoms. The van der Waals surface area contributed by atoms with E-state index in [1.807, 2.05) is 12.1 Å². The van der Waals surface area contributed by atoms with Crippen LogP contribution in [0.25, 0.3) is 0 Å². The van der Waals surface area contributed by atoms with Gasteiger partial charge < -0.3 is 5.32 Å². The van der Waals surface area contributed by atoms with E-state index in [9.17, 15) is 8.42 Å². The molecule has 1 aromatic rings. The SMILES string of the molecule is C[C@H](Cc1ccc(Br)cc1)NC[C@H]1CCCS1(=O)=O. The van der Waals surface area contributed by atoms with Crippen molar-refractivity contribution in [2.24, 2.45) is 0 Å². The number of halogens is 1. The lowest BCUT2D eigenvalue weighted by molar-refractivity contribution is 0.521. The molecule has 2 rings (SSSR count). The lowest BCUT2D eigenvalue weighted by Gasteiger charge is -2.17. The lowest BCUT2D eigenvalue weighted by Crippen LogP contribution is -2.37. The first-order chi connectivity index (χ1) is 8.97. The quantitative estimate of drug-likeness (QED) is 0.891. The molecule has 0 bridgehead atoms. The van der Waals surface area contributed by atoms with Gasteiger partial charge in [0.25, 0.3) is 0 Å². The first-order valence-electron chi connectivity index (χ1n) is 6.67. The van der Waals surface area contributed by atoms with Crippen LogP contribution in [0.15, 0.2) is 28.7 Å². The highest BCUT2D eigenvalue weighted by Gasteiger charge is 2.30. The molecule has 1 saturated heterocycles. The minimum Gasteiger partial charge on any atom is -0.313 e. The summed E-state index contributed by atoms with van der Waals surface area (Å²) in [5.74, 6) is 0.362. The molecule has 1 aromatic carbocycles. The molecule has 1 aliphatic heterocycles. The van der Waals surface area contributed by atoms with Crippen LogP contribution in [0.5, 0.6) is 0 Å². The van der Waals surface area contributed by atoms with Crippen molar-refractivity contribution in [1.82, 2.24) is 5.32 Å². The fraction of sp³-hybridized carbons (Fsp3) is 0.571. The molecule has 0 saturated carbocycles. The highest BCUT2D eigenvalue weighted by molar-refractivity contribution is 9.10. The Hall–Kier alpha value is -0.390. The van der Waals surface area contributed by atoms with Gasteiger partial charge in [0.2, 0.25) is 0 Å². The van der Waals surface area contributed by atoms with Gasteiger partial charge in [-0.05, 0) is 43.9 Å². The van der Waals surface area contributed by atoms with Gasteiger partial charge in [-0.3, -0.25) is 0 Å². The second-order valence-electron chi connectivity index (χ2n) is 5.27. The molecule has 3 nitrogen and oxygen atoms in total. The van der Waals surface area contributed by atoms with Crippen molar-refractivity contribution in [3.8, 4) is 0 Å². The normalized spacial score (nSPS) is 23.4. The van der Waals surface area contributed by atoms with Crippen LogP contribution < -0.4 is 5.32 Å². The summed E-state index contributed by atoms with van der Waals surface area (Å²) in [4.78, 5) is 0. The summed E-state index contributed by atoms with van der Waals surface area (Å²) in [7, 11) is -2.83. The van der Waals surface area contributed by atoms with Crippen molar-refractivity contribution < 1.29 is 8.42 Å². The Labute approximate surface area is 123 Å². The van der Waals surface area contributed by atoms with Crippen molar-refractivity contribution >= 4 is 25.8 Å². The molecule has 5 heteroatoms. The molecule has 0 unspecified atom stereocenters. The largest absolute Gasteiger partial charge is 0.313 e. The van der Waals surface area contributed by atoms with Crippen molar-refractivity contribution in [2.75, 3.05) is 12.3 Å². The van der Waals surface area contributed by atoms with Crippen LogP contribution in [0, 0.1) is 0 Å². The summed E-state index contributed by atoms with van der Waals surface area (Å²) in [5, 5.41) is 3.17. The van der Waals surface area contributed by atoms with Crippen LogP contribution in [-0.2, 0) is 16.3 Å². The van der Waals surface area contributed by atoms with E-state index in [1.54, 1.807) is 0 Å². The molecule has 1 N–H and O–H groups in total. The standard InChI is InChI=1S/C14H20BrNO2S/c1-11(9-12-4-6-13(15)7-5-12)16-10-14-3-2-8-19(14,17)18/h4-7,11,14,16H,2-3,8-10H2,1H3/t11-,14-/m1/s1. The zero-order chi connectivity index (χ0) is 13.9. The average Bonchev–Trinajstić information content (AvgIpc) is 2.69. The van der Waals surface area contributed by atoms with E-state index >= 15 is 0 Å². The third-order valence-corrected chi connectivity index (χ3v) is 6.42. The Morgan fingerprint density at radius 2 is 2.05 bits per heavy atom. The third kappa shape index (κ3) is 4.29. The molecule has 0 aliphatic carbocycles. The van der Waals surface area contributed by atoms with Gasteiger partial charge >= 0.3 is 0 Å². The zero-order valence-electron chi connectivity index (χ0n) is 11.1. The average molecular weight is 346 g/mol. The minimum absolute atomic E-state index is 0.181. The molecule has 1 fully saturated rings. The van der Waals surface area contributed by atoms with Gasteiger partial charge in [0.15, 0.2) is 9.84 Å². The predicted octanol–water partition coefficient (Wildman–Crippen LogP) is 2.55. The lowest BCUT2D eigenvalue weighted by atomic mass is 10.1. The van der Waals surface area contributed by atoms with Crippen molar-refractivity contribution in [3.05, 3.63) is 34.3 Å². The predicted molar refractivity (Wildman–Crippen MR) is 82.1 cm³/mol. The van der Waals surface area contributed by atoms with E-state index in [0.29, 0.717) is 12.3 Å². The van der Waals surface area contributed by atoms with Gasteiger partial charge in [-0.1, -0.05) is 28.1 Å². The van der Waals surface area contributed by atoms with Gasteiger partial charge in [0.05, 0.1) is 11.0 Å². The molecule has 106 valence electrons. The number of nitrogens with one attached hydrogen (secondary N) is 1. The summed E-state index contributed by atoms with van der Waals surface area (Å²) in [6, 6.07) is 8.54. The first-order valence-corrected chi connectivity index (χ1v) is 9.17. The summed E-state index contributed by atoms with van der Waals surface area (Å²) in [6.07, 6.45) is 2.54. The van der Waals surface area contributed by atoms with Crippen LogP contribution in [-0.4, -0.2) is 32.0 Å².